The zero-order valence-electron chi connectivity index (χ0n) is 6.74. The lowest BCUT2D eigenvalue weighted by Crippen LogP contribution is -2.33. The Morgan fingerprint density at radius 3 is 2.60 bits per heavy atom. The third-order valence-corrected chi connectivity index (χ3v) is 1.68. The molecule has 1 unspecified atom stereocenters. The maximum atomic E-state index is 5.29. The number of hydrogen-bond donors (Lipinski definition) is 0. The topological polar surface area (TPSA) is 15.7 Å². The fourth-order valence-electron chi connectivity index (χ4n) is 0.899. The summed E-state index contributed by atoms with van der Waals surface area (Å²) < 4.78 is 0. The molecular formula is C7H14N2O. The van der Waals surface area contributed by atoms with Crippen molar-refractivity contribution in [3.63, 3.8) is 0 Å². The molecule has 0 aliphatic carbocycles. The summed E-state index contributed by atoms with van der Waals surface area (Å²) in [6.45, 7) is 4.80. The van der Waals surface area contributed by atoms with Gasteiger partial charge in [-0.2, -0.15) is 0 Å². The molecule has 0 N–H and O–H groups in total. The van der Waals surface area contributed by atoms with E-state index in [-0.39, 0.29) is 0 Å². The quantitative estimate of drug-likeness (QED) is 0.572. The van der Waals surface area contributed by atoms with Gasteiger partial charge in [0.2, 0.25) is 0 Å². The van der Waals surface area contributed by atoms with E-state index in [1.54, 1.807) is 0 Å². The van der Waals surface area contributed by atoms with Gasteiger partial charge in [-0.25, -0.2) is 5.06 Å². The zero-order valence-corrected chi connectivity index (χ0v) is 6.74. The van der Waals surface area contributed by atoms with Gasteiger partial charge in [-0.05, 0) is 13.8 Å². The Balaban J connectivity index is 2.41. The minimum Gasteiger partial charge on any atom is -0.357 e. The molecule has 1 aliphatic heterocycles. The molecule has 0 aromatic heterocycles. The molecule has 1 heterocycles. The van der Waals surface area contributed by atoms with Crippen LogP contribution in [0.4, 0.5) is 0 Å². The van der Waals surface area contributed by atoms with Crippen molar-refractivity contribution >= 4 is 0 Å². The molecule has 3 heteroatoms. The minimum atomic E-state index is 0.333. The zero-order chi connectivity index (χ0) is 7.56. The van der Waals surface area contributed by atoms with Crippen LogP contribution in [0.15, 0.2) is 12.4 Å². The van der Waals surface area contributed by atoms with Gasteiger partial charge < -0.3 is 4.90 Å². The van der Waals surface area contributed by atoms with Crippen LogP contribution >= 0.6 is 0 Å². The van der Waals surface area contributed by atoms with Crippen molar-refractivity contribution in [2.45, 2.75) is 20.0 Å². The molecule has 0 aromatic rings. The van der Waals surface area contributed by atoms with Crippen molar-refractivity contribution in [2.75, 3.05) is 13.7 Å². The van der Waals surface area contributed by atoms with Gasteiger partial charge >= 0.3 is 0 Å². The van der Waals surface area contributed by atoms with Crippen LogP contribution in [-0.2, 0) is 4.84 Å². The monoisotopic (exact) mass is 142 g/mol. The van der Waals surface area contributed by atoms with E-state index >= 15 is 0 Å². The van der Waals surface area contributed by atoms with Crippen LogP contribution < -0.4 is 0 Å². The van der Waals surface area contributed by atoms with E-state index in [0.717, 1.165) is 6.61 Å². The fourth-order valence-corrected chi connectivity index (χ4v) is 0.899. The van der Waals surface area contributed by atoms with E-state index in [9.17, 15) is 0 Å². The molecule has 0 aromatic carbocycles. The van der Waals surface area contributed by atoms with Crippen LogP contribution in [0.2, 0.25) is 0 Å². The maximum Gasteiger partial charge on any atom is 0.123 e. The van der Waals surface area contributed by atoms with E-state index in [4.69, 9.17) is 4.84 Å². The highest BCUT2D eigenvalue weighted by Gasteiger charge is 2.17. The smallest absolute Gasteiger partial charge is 0.123 e. The van der Waals surface area contributed by atoms with Crippen LogP contribution in [0.1, 0.15) is 13.8 Å². The average Bonchev–Trinajstić information content (AvgIpc) is 2.20. The third-order valence-electron chi connectivity index (χ3n) is 1.68. The van der Waals surface area contributed by atoms with Crippen LogP contribution in [0, 0.1) is 0 Å². The largest absolute Gasteiger partial charge is 0.357 e. The van der Waals surface area contributed by atoms with Gasteiger partial charge in [-0.1, -0.05) is 0 Å². The second-order valence-electron chi connectivity index (χ2n) is 2.37. The summed E-state index contributed by atoms with van der Waals surface area (Å²) >= 11 is 0. The summed E-state index contributed by atoms with van der Waals surface area (Å²) in [5, 5.41) is 1.85. The number of hydroxylamine groups is 2. The second kappa shape index (κ2) is 2.92. The van der Waals surface area contributed by atoms with Crippen LogP contribution in [0.25, 0.3) is 0 Å². The molecule has 3 nitrogen and oxygen atoms in total. The van der Waals surface area contributed by atoms with Crippen LogP contribution in [-0.4, -0.2) is 29.8 Å². The van der Waals surface area contributed by atoms with Crippen molar-refractivity contribution in [3.8, 4) is 0 Å². The van der Waals surface area contributed by atoms with Crippen molar-refractivity contribution in [2.24, 2.45) is 0 Å². The van der Waals surface area contributed by atoms with Crippen molar-refractivity contribution in [1.29, 1.82) is 0 Å². The molecule has 10 heavy (non-hydrogen) atoms. The Morgan fingerprint density at radius 2 is 2.20 bits per heavy atom. The van der Waals surface area contributed by atoms with Gasteiger partial charge in [0.15, 0.2) is 0 Å². The van der Waals surface area contributed by atoms with Gasteiger partial charge in [0.05, 0.1) is 6.61 Å². The number of hydrogen-bond acceptors (Lipinski definition) is 3. The number of rotatable bonds is 2. The Morgan fingerprint density at radius 1 is 1.50 bits per heavy atom. The van der Waals surface area contributed by atoms with E-state index in [0.29, 0.717) is 6.17 Å². The van der Waals surface area contributed by atoms with Crippen molar-refractivity contribution in [3.05, 3.63) is 12.4 Å². The van der Waals surface area contributed by atoms with E-state index < -0.39 is 0 Å². The predicted octanol–water partition coefficient (Wildman–Crippen LogP) is 1.00. The first-order chi connectivity index (χ1) is 4.75. The Labute approximate surface area is 61.8 Å². The summed E-state index contributed by atoms with van der Waals surface area (Å²) in [7, 11) is 2.03. The third kappa shape index (κ3) is 1.24. The first kappa shape index (κ1) is 7.41. The normalized spacial score (nSPS) is 24.5. The molecule has 1 atom stereocenters. The van der Waals surface area contributed by atoms with Crippen LogP contribution in [0.3, 0.4) is 0 Å². The van der Waals surface area contributed by atoms with Crippen molar-refractivity contribution in [1.82, 2.24) is 9.96 Å². The standard InChI is InChI=1S/C7H14N2O/c1-4-10-9-6-5-8(3)7(9)2/h5-7H,4H2,1-3H3. The molecule has 0 bridgehead atoms. The average molecular weight is 142 g/mol. The lowest BCUT2D eigenvalue weighted by Gasteiger charge is -2.25. The van der Waals surface area contributed by atoms with E-state index in [1.807, 2.05) is 31.4 Å². The summed E-state index contributed by atoms with van der Waals surface area (Å²) in [5.41, 5.74) is 0. The fraction of sp³-hybridized carbons (Fsp3) is 0.714. The molecule has 1 rings (SSSR count). The molecule has 0 fully saturated rings. The van der Waals surface area contributed by atoms with Gasteiger partial charge in [0, 0.05) is 19.4 Å². The highest BCUT2D eigenvalue weighted by molar-refractivity contribution is 4.89. The summed E-state index contributed by atoms with van der Waals surface area (Å²) in [6.07, 6.45) is 4.27. The maximum absolute atomic E-state index is 5.29. The predicted molar refractivity (Wildman–Crippen MR) is 39.8 cm³/mol. The Kier molecular flexibility index (Phi) is 2.17. The molecule has 1 aliphatic rings. The highest BCUT2D eigenvalue weighted by Crippen LogP contribution is 2.12. The number of nitrogens with zero attached hydrogens (tertiary/aromatic N) is 2. The van der Waals surface area contributed by atoms with Gasteiger partial charge in [-0.15, -0.1) is 0 Å². The summed E-state index contributed by atoms with van der Waals surface area (Å²) in [4.78, 5) is 7.38. The second-order valence-corrected chi connectivity index (χ2v) is 2.37. The van der Waals surface area contributed by atoms with Crippen LogP contribution in [0.5, 0.6) is 0 Å². The first-order valence-electron chi connectivity index (χ1n) is 3.57. The summed E-state index contributed by atoms with van der Waals surface area (Å²) in [5.74, 6) is 0. The molecule has 0 saturated carbocycles. The minimum absolute atomic E-state index is 0.333. The highest BCUT2D eigenvalue weighted by atomic mass is 16.7. The van der Waals surface area contributed by atoms with E-state index in [1.165, 1.54) is 0 Å². The molecule has 0 amide bonds. The Bertz CT molecular complexity index is 136. The summed E-state index contributed by atoms with van der Waals surface area (Å²) in [6, 6.07) is 0. The van der Waals surface area contributed by atoms with Gasteiger partial charge in [-0.3, -0.25) is 4.84 Å². The lowest BCUT2D eigenvalue weighted by atomic mass is 10.5. The lowest BCUT2D eigenvalue weighted by molar-refractivity contribution is -0.152. The van der Waals surface area contributed by atoms with Crippen molar-refractivity contribution < 1.29 is 4.84 Å². The molecule has 0 saturated heterocycles. The van der Waals surface area contributed by atoms with E-state index in [2.05, 4.69) is 11.8 Å². The van der Waals surface area contributed by atoms with Gasteiger partial charge in [0.25, 0.3) is 0 Å². The molecular weight excluding hydrogens is 128 g/mol. The molecule has 0 radical (unpaired) electrons. The molecule has 0 spiro atoms. The Hall–Kier alpha value is -0.700. The van der Waals surface area contributed by atoms with Gasteiger partial charge in [0.1, 0.15) is 6.17 Å². The molecule has 58 valence electrons. The first-order valence-corrected chi connectivity index (χ1v) is 3.57. The SMILES string of the molecule is CCON1C=CN(C)C1C.